The van der Waals surface area contributed by atoms with E-state index in [0.29, 0.717) is 41.3 Å². The van der Waals surface area contributed by atoms with Gasteiger partial charge in [0.2, 0.25) is 17.8 Å². The fraction of sp³-hybridized carbons (Fsp3) is 0.227. The van der Waals surface area contributed by atoms with Gasteiger partial charge >= 0.3 is 0 Å². The van der Waals surface area contributed by atoms with Gasteiger partial charge in [0.1, 0.15) is 5.69 Å². The minimum atomic E-state index is -0.384. The van der Waals surface area contributed by atoms with E-state index in [1.165, 1.54) is 11.5 Å². The highest BCUT2D eigenvalue weighted by molar-refractivity contribution is 7.03. The largest absolute Gasteiger partial charge is 0.351 e. The smallest absolute Gasteiger partial charge is 0.254 e. The van der Waals surface area contributed by atoms with Crippen molar-refractivity contribution in [3.05, 3.63) is 52.5 Å². The molecular formula is C22H19N9O2S. The Balaban J connectivity index is 1.28. The second-order valence-corrected chi connectivity index (χ2v) is 8.80. The molecule has 3 N–H and O–H groups in total. The molecule has 34 heavy (non-hydrogen) atoms. The fourth-order valence-corrected chi connectivity index (χ4v) is 4.12. The number of imide groups is 1. The molecule has 0 unspecified atom stereocenters. The summed E-state index contributed by atoms with van der Waals surface area (Å²) in [5, 5.41) is 19.4. The van der Waals surface area contributed by atoms with E-state index in [4.69, 9.17) is 0 Å². The van der Waals surface area contributed by atoms with Gasteiger partial charge in [-0.1, -0.05) is 28.8 Å². The lowest BCUT2D eigenvalue weighted by Crippen LogP contribution is -2.19. The van der Waals surface area contributed by atoms with E-state index in [-0.39, 0.29) is 18.2 Å². The lowest BCUT2D eigenvalue weighted by Gasteiger charge is -2.10. The highest BCUT2D eigenvalue weighted by Gasteiger charge is 2.26. The maximum absolute atomic E-state index is 12.0. The third-order valence-corrected chi connectivity index (χ3v) is 6.10. The first-order chi connectivity index (χ1) is 16.6. The van der Waals surface area contributed by atoms with E-state index in [9.17, 15) is 9.59 Å². The van der Waals surface area contributed by atoms with Crippen LogP contribution in [-0.2, 0) is 16.1 Å². The van der Waals surface area contributed by atoms with Crippen LogP contribution in [0.2, 0.25) is 0 Å². The molecule has 0 bridgehead atoms. The van der Waals surface area contributed by atoms with Crippen LogP contribution in [0.3, 0.4) is 0 Å². The van der Waals surface area contributed by atoms with Crippen molar-refractivity contribution in [2.75, 3.05) is 10.6 Å². The van der Waals surface area contributed by atoms with Gasteiger partial charge in [-0.25, -0.2) is 0 Å². The lowest BCUT2D eigenvalue weighted by atomic mass is 10.1. The molecule has 6 rings (SSSR count). The monoisotopic (exact) mass is 473 g/mol. The first-order valence-corrected chi connectivity index (χ1v) is 11.6. The number of nitrogens with one attached hydrogen (secondary N) is 3. The minimum Gasteiger partial charge on any atom is -0.351 e. The minimum absolute atomic E-state index is 0.0481. The second-order valence-electron chi connectivity index (χ2n) is 8.19. The molecule has 1 aliphatic carbocycles. The number of amides is 2. The maximum atomic E-state index is 12.0. The van der Waals surface area contributed by atoms with Gasteiger partial charge in [0.25, 0.3) is 5.91 Å². The number of benzene rings is 1. The lowest BCUT2D eigenvalue weighted by molar-refractivity contribution is -0.124. The van der Waals surface area contributed by atoms with Gasteiger partial charge in [0.15, 0.2) is 5.65 Å². The molecule has 11 nitrogen and oxygen atoms in total. The van der Waals surface area contributed by atoms with E-state index >= 15 is 0 Å². The molecule has 0 spiro atoms. The van der Waals surface area contributed by atoms with Crippen LogP contribution < -0.4 is 16.0 Å². The quantitative estimate of drug-likeness (QED) is 0.272. The Labute approximate surface area is 197 Å². The van der Waals surface area contributed by atoms with Crippen molar-refractivity contribution in [2.24, 2.45) is 0 Å². The summed E-state index contributed by atoms with van der Waals surface area (Å²) >= 11 is 1.32. The number of nitrogens with zero attached hydrogens (tertiary/aromatic N) is 6. The normalized spacial score (nSPS) is 16.9. The topological polar surface area (TPSA) is 139 Å². The molecule has 4 aromatic rings. The van der Waals surface area contributed by atoms with Crippen LogP contribution in [0.5, 0.6) is 0 Å². The summed E-state index contributed by atoms with van der Waals surface area (Å²) in [5.74, 6) is 0.330. The van der Waals surface area contributed by atoms with Crippen molar-refractivity contribution in [3.63, 3.8) is 0 Å². The Morgan fingerprint density at radius 3 is 2.74 bits per heavy atom. The molecule has 170 valence electrons. The molecular weight excluding hydrogens is 454 g/mol. The van der Waals surface area contributed by atoms with Crippen LogP contribution in [0.25, 0.3) is 23.0 Å². The van der Waals surface area contributed by atoms with E-state index in [0.717, 1.165) is 29.7 Å². The summed E-state index contributed by atoms with van der Waals surface area (Å²) < 4.78 is 5.53. The number of hydrogen-bond acceptors (Lipinski definition) is 10. The fourth-order valence-electron chi connectivity index (χ4n) is 3.65. The summed E-state index contributed by atoms with van der Waals surface area (Å²) in [6.07, 6.45) is 5.49. The van der Waals surface area contributed by atoms with Crippen LogP contribution in [-0.4, -0.2) is 47.0 Å². The van der Waals surface area contributed by atoms with Gasteiger partial charge in [-0.05, 0) is 36.0 Å². The highest BCUT2D eigenvalue weighted by Crippen LogP contribution is 2.26. The summed E-state index contributed by atoms with van der Waals surface area (Å²) in [6.45, 7) is 0.524. The zero-order chi connectivity index (χ0) is 23.1. The molecule has 1 saturated carbocycles. The molecule has 1 aliphatic heterocycles. The zero-order valence-corrected chi connectivity index (χ0v) is 18.7. The van der Waals surface area contributed by atoms with Crippen LogP contribution >= 0.6 is 11.5 Å². The van der Waals surface area contributed by atoms with Crippen LogP contribution in [0.1, 0.15) is 30.4 Å². The summed E-state index contributed by atoms with van der Waals surface area (Å²) in [6, 6.07) is 8.42. The zero-order valence-electron chi connectivity index (χ0n) is 17.9. The Morgan fingerprint density at radius 1 is 1.18 bits per heavy atom. The first kappa shape index (κ1) is 20.4. The molecule has 12 heteroatoms. The number of aromatic nitrogens is 6. The summed E-state index contributed by atoms with van der Waals surface area (Å²) in [5.41, 5.74) is 4.51. The van der Waals surface area contributed by atoms with Crippen LogP contribution in [0, 0.1) is 0 Å². The molecule has 2 amide bonds. The Hall–Kier alpha value is -4.19. The van der Waals surface area contributed by atoms with E-state index in [1.807, 2.05) is 29.6 Å². The van der Waals surface area contributed by atoms with Crippen molar-refractivity contribution in [1.82, 2.24) is 34.5 Å². The first-order valence-electron chi connectivity index (χ1n) is 10.8. The van der Waals surface area contributed by atoms with Gasteiger partial charge in [0, 0.05) is 34.7 Å². The highest BCUT2D eigenvalue weighted by atomic mass is 32.1. The molecule has 0 radical (unpaired) electrons. The van der Waals surface area contributed by atoms with Gasteiger partial charge in [-0.3, -0.25) is 14.9 Å². The molecule has 1 aromatic carbocycles. The number of carbonyl (C=O) groups excluding carboxylic acids is 2. The number of hydrogen-bond donors (Lipinski definition) is 3. The molecule has 1 saturated heterocycles. The second kappa shape index (κ2) is 8.30. The van der Waals surface area contributed by atoms with Crippen molar-refractivity contribution in [2.45, 2.75) is 31.8 Å². The SMILES string of the molecule is O=C1C/C(=C\c2cnn3c(NC4CC4)nc(NCc4ccc(-c5csnn5)cc4)nc23)C(=O)N1. The third kappa shape index (κ3) is 4.10. The van der Waals surface area contributed by atoms with E-state index in [1.54, 1.807) is 16.8 Å². The Kier molecular flexibility index (Phi) is 4.99. The maximum Gasteiger partial charge on any atom is 0.254 e. The van der Waals surface area contributed by atoms with E-state index in [2.05, 4.69) is 40.6 Å². The Bertz CT molecular complexity index is 1420. The molecule has 2 fully saturated rings. The van der Waals surface area contributed by atoms with Gasteiger partial charge in [-0.15, -0.1) is 5.10 Å². The average Bonchev–Trinajstić information content (AvgIpc) is 3.20. The predicted molar refractivity (Wildman–Crippen MR) is 126 cm³/mol. The van der Waals surface area contributed by atoms with Gasteiger partial charge < -0.3 is 10.6 Å². The Morgan fingerprint density at radius 2 is 2.03 bits per heavy atom. The van der Waals surface area contributed by atoms with E-state index < -0.39 is 0 Å². The van der Waals surface area contributed by atoms with Crippen molar-refractivity contribution >= 4 is 47.0 Å². The number of anilines is 2. The molecule has 0 atom stereocenters. The van der Waals surface area contributed by atoms with Gasteiger partial charge in [0.05, 0.1) is 12.6 Å². The number of fused-ring (bicyclic) bond motifs is 1. The number of carbonyl (C=O) groups is 2. The summed E-state index contributed by atoms with van der Waals surface area (Å²) in [7, 11) is 0. The van der Waals surface area contributed by atoms with Crippen molar-refractivity contribution < 1.29 is 9.59 Å². The third-order valence-electron chi connectivity index (χ3n) is 5.59. The van der Waals surface area contributed by atoms with Gasteiger partial charge in [-0.2, -0.15) is 19.6 Å². The molecule has 4 heterocycles. The van der Waals surface area contributed by atoms with Crippen molar-refractivity contribution in [1.29, 1.82) is 0 Å². The number of rotatable bonds is 7. The summed E-state index contributed by atoms with van der Waals surface area (Å²) in [4.78, 5) is 32.8. The molecule has 2 aliphatic rings. The van der Waals surface area contributed by atoms with Crippen LogP contribution in [0.15, 0.2) is 41.4 Å². The molecule has 3 aromatic heterocycles. The van der Waals surface area contributed by atoms with Crippen molar-refractivity contribution in [3.8, 4) is 11.3 Å². The average molecular weight is 474 g/mol. The standard InChI is InChI=1S/C22H19N9O2S/c32-18-8-14(20(33)26-18)7-15-10-24-31-19(15)27-21(28-22(31)25-16-5-6-16)23-9-12-1-3-13(4-2-12)17-11-34-30-29-17/h1-4,7,10-11,16H,5-6,8-9H2,(H,26,32,33)(H2,23,25,27,28)/b14-7+. The van der Waals surface area contributed by atoms with Crippen LogP contribution in [0.4, 0.5) is 11.9 Å². The predicted octanol–water partition coefficient (Wildman–Crippen LogP) is 2.26.